The molecule has 0 atom stereocenters. The van der Waals surface area contributed by atoms with Crippen LogP contribution in [0.5, 0.6) is 0 Å². The third kappa shape index (κ3) is 2.73. The Morgan fingerprint density at radius 2 is 2.06 bits per heavy atom. The summed E-state index contributed by atoms with van der Waals surface area (Å²) in [7, 11) is 0. The fourth-order valence-corrected chi connectivity index (χ4v) is 1.72. The normalized spacial score (nSPS) is 9.83. The highest BCUT2D eigenvalue weighted by Crippen LogP contribution is 2.18. The first-order valence-electron chi connectivity index (χ1n) is 6.41. The van der Waals surface area contributed by atoms with Crippen LogP contribution >= 0.6 is 0 Å². The van der Waals surface area contributed by atoms with Crippen LogP contribution in [-0.2, 0) is 4.74 Å². The second-order valence-electron chi connectivity index (χ2n) is 3.78. The van der Waals surface area contributed by atoms with Crippen molar-refractivity contribution >= 4 is 11.4 Å². The van der Waals surface area contributed by atoms with Crippen molar-refractivity contribution in [1.82, 2.24) is 9.38 Å². The molecule has 0 aromatic carbocycles. The molecule has 0 aliphatic carbocycles. The van der Waals surface area contributed by atoms with E-state index in [-0.39, 0.29) is 0 Å². The van der Waals surface area contributed by atoms with Crippen molar-refractivity contribution in [3.63, 3.8) is 0 Å². The molecule has 0 amide bonds. The van der Waals surface area contributed by atoms with Crippen molar-refractivity contribution in [2.45, 2.75) is 34.6 Å². The van der Waals surface area contributed by atoms with E-state index in [4.69, 9.17) is 4.74 Å². The molecule has 0 spiro atoms. The van der Waals surface area contributed by atoms with Crippen molar-refractivity contribution in [3.8, 4) is 0 Å². The van der Waals surface area contributed by atoms with Crippen LogP contribution in [0.15, 0.2) is 24.9 Å². The highest BCUT2D eigenvalue weighted by Gasteiger charge is 2.06. The first-order chi connectivity index (χ1) is 8.63. The lowest BCUT2D eigenvalue weighted by molar-refractivity contribution is 0.299. The zero-order valence-corrected chi connectivity index (χ0v) is 11.9. The number of aromatic nitrogens is 2. The van der Waals surface area contributed by atoms with E-state index in [2.05, 4.69) is 22.9 Å². The number of rotatable bonds is 3. The molecule has 0 saturated heterocycles. The monoisotopic (exact) mass is 246 g/mol. The minimum atomic E-state index is 0.635. The predicted molar refractivity (Wildman–Crippen MR) is 76.7 cm³/mol. The van der Waals surface area contributed by atoms with Crippen LogP contribution in [0.1, 0.15) is 37.7 Å². The summed E-state index contributed by atoms with van der Waals surface area (Å²) in [6.45, 7) is 14.6. The SMILES string of the molecule is C=C(OCC)c1ccn2c(C)c(C)nc2c1.CC. The molecule has 0 N–H and O–H groups in total. The van der Waals surface area contributed by atoms with Gasteiger partial charge in [0, 0.05) is 17.5 Å². The molecule has 18 heavy (non-hydrogen) atoms. The van der Waals surface area contributed by atoms with Crippen molar-refractivity contribution in [2.24, 2.45) is 0 Å². The Kier molecular flexibility index (Phi) is 4.95. The fraction of sp³-hybridized carbons (Fsp3) is 0.400. The lowest BCUT2D eigenvalue weighted by Gasteiger charge is -2.07. The molecular formula is C15H22N2O. The molecule has 2 rings (SSSR count). The van der Waals surface area contributed by atoms with Gasteiger partial charge in [0.2, 0.25) is 0 Å². The molecule has 0 radical (unpaired) electrons. The molecule has 0 fully saturated rings. The van der Waals surface area contributed by atoms with Gasteiger partial charge in [-0.15, -0.1) is 0 Å². The number of aryl methyl sites for hydroxylation is 2. The van der Waals surface area contributed by atoms with E-state index in [1.54, 1.807) is 0 Å². The van der Waals surface area contributed by atoms with E-state index in [0.29, 0.717) is 12.4 Å². The Morgan fingerprint density at radius 1 is 1.39 bits per heavy atom. The van der Waals surface area contributed by atoms with Gasteiger partial charge in [0.1, 0.15) is 11.4 Å². The molecule has 2 aromatic rings. The van der Waals surface area contributed by atoms with Gasteiger partial charge in [-0.05, 0) is 32.9 Å². The summed E-state index contributed by atoms with van der Waals surface area (Å²) in [5.74, 6) is 0.698. The smallest absolute Gasteiger partial charge is 0.137 e. The molecule has 3 nitrogen and oxygen atoms in total. The number of nitrogens with zero attached hydrogens (tertiary/aromatic N) is 2. The van der Waals surface area contributed by atoms with Crippen LogP contribution < -0.4 is 0 Å². The van der Waals surface area contributed by atoms with Crippen LogP contribution in [-0.4, -0.2) is 16.0 Å². The molecule has 0 saturated carbocycles. The molecule has 0 unspecified atom stereocenters. The van der Waals surface area contributed by atoms with Crippen molar-refractivity contribution < 1.29 is 4.74 Å². The van der Waals surface area contributed by atoms with E-state index in [9.17, 15) is 0 Å². The molecule has 0 aliphatic heterocycles. The van der Waals surface area contributed by atoms with E-state index in [1.807, 2.05) is 46.0 Å². The minimum absolute atomic E-state index is 0.635. The van der Waals surface area contributed by atoms with E-state index in [0.717, 1.165) is 16.9 Å². The lowest BCUT2D eigenvalue weighted by Crippen LogP contribution is -1.93. The predicted octanol–water partition coefficient (Wildman–Crippen LogP) is 3.98. The summed E-state index contributed by atoms with van der Waals surface area (Å²) in [5.41, 5.74) is 4.15. The number of pyridine rings is 1. The van der Waals surface area contributed by atoms with Crippen LogP contribution in [0.4, 0.5) is 0 Å². The second kappa shape index (κ2) is 6.24. The van der Waals surface area contributed by atoms with Crippen molar-refractivity contribution in [2.75, 3.05) is 6.61 Å². The van der Waals surface area contributed by atoms with Crippen molar-refractivity contribution in [1.29, 1.82) is 0 Å². The number of ether oxygens (including phenoxy) is 1. The molecule has 3 heteroatoms. The van der Waals surface area contributed by atoms with Gasteiger partial charge < -0.3 is 9.14 Å². The Morgan fingerprint density at radius 3 is 2.67 bits per heavy atom. The maximum atomic E-state index is 5.38. The van der Waals surface area contributed by atoms with Gasteiger partial charge >= 0.3 is 0 Å². The largest absolute Gasteiger partial charge is 0.494 e. The standard InChI is InChI=1S/C13H16N2O.C2H6/c1-5-16-11(4)12-6-7-15-10(3)9(2)14-13(15)8-12;1-2/h6-8H,4-5H2,1-3H3;1-2H3. The van der Waals surface area contributed by atoms with Crippen LogP contribution in [0.2, 0.25) is 0 Å². The molecular weight excluding hydrogens is 224 g/mol. The minimum Gasteiger partial charge on any atom is -0.494 e. The quantitative estimate of drug-likeness (QED) is 0.766. The Hall–Kier alpha value is -1.77. The Labute approximate surface area is 109 Å². The van der Waals surface area contributed by atoms with Crippen LogP contribution in [0.3, 0.4) is 0 Å². The molecule has 2 heterocycles. The van der Waals surface area contributed by atoms with E-state index < -0.39 is 0 Å². The molecule has 0 bridgehead atoms. The maximum absolute atomic E-state index is 5.38. The van der Waals surface area contributed by atoms with E-state index in [1.165, 1.54) is 5.69 Å². The van der Waals surface area contributed by atoms with Gasteiger partial charge in [-0.2, -0.15) is 0 Å². The topological polar surface area (TPSA) is 26.5 Å². The zero-order chi connectivity index (χ0) is 13.7. The average molecular weight is 246 g/mol. The first-order valence-corrected chi connectivity index (χ1v) is 6.41. The Balaban J connectivity index is 0.000000771. The first kappa shape index (κ1) is 14.3. The van der Waals surface area contributed by atoms with Gasteiger partial charge in [-0.1, -0.05) is 20.4 Å². The van der Waals surface area contributed by atoms with E-state index >= 15 is 0 Å². The molecule has 0 aliphatic rings. The maximum Gasteiger partial charge on any atom is 0.137 e. The zero-order valence-electron chi connectivity index (χ0n) is 11.9. The van der Waals surface area contributed by atoms with Crippen LogP contribution in [0.25, 0.3) is 11.4 Å². The van der Waals surface area contributed by atoms with Gasteiger partial charge in [0.15, 0.2) is 0 Å². The highest BCUT2D eigenvalue weighted by molar-refractivity contribution is 5.62. The number of hydrogen-bond acceptors (Lipinski definition) is 2. The lowest BCUT2D eigenvalue weighted by atomic mass is 10.2. The average Bonchev–Trinajstić information content (AvgIpc) is 2.67. The third-order valence-corrected chi connectivity index (χ3v) is 2.74. The fourth-order valence-electron chi connectivity index (χ4n) is 1.72. The Bertz CT molecular complexity index is 541. The second-order valence-corrected chi connectivity index (χ2v) is 3.78. The summed E-state index contributed by atoms with van der Waals surface area (Å²) < 4.78 is 7.45. The summed E-state index contributed by atoms with van der Waals surface area (Å²) in [6.07, 6.45) is 2.00. The molecule has 2 aromatic heterocycles. The number of imidazole rings is 1. The van der Waals surface area contributed by atoms with Gasteiger partial charge in [0.05, 0.1) is 12.3 Å². The third-order valence-electron chi connectivity index (χ3n) is 2.74. The number of hydrogen-bond donors (Lipinski definition) is 0. The highest BCUT2D eigenvalue weighted by atomic mass is 16.5. The summed E-state index contributed by atoms with van der Waals surface area (Å²) in [4.78, 5) is 4.48. The summed E-state index contributed by atoms with van der Waals surface area (Å²) >= 11 is 0. The summed E-state index contributed by atoms with van der Waals surface area (Å²) in [5, 5.41) is 0. The summed E-state index contributed by atoms with van der Waals surface area (Å²) in [6, 6.07) is 4.00. The van der Waals surface area contributed by atoms with Gasteiger partial charge in [-0.25, -0.2) is 4.98 Å². The number of fused-ring (bicyclic) bond motifs is 1. The van der Waals surface area contributed by atoms with Crippen LogP contribution in [0, 0.1) is 13.8 Å². The van der Waals surface area contributed by atoms with Gasteiger partial charge in [0.25, 0.3) is 0 Å². The van der Waals surface area contributed by atoms with Crippen molar-refractivity contribution in [3.05, 3.63) is 41.9 Å². The van der Waals surface area contributed by atoms with Gasteiger partial charge in [-0.3, -0.25) is 0 Å². The molecule has 98 valence electrons.